The number of ether oxygens (including phenoxy) is 1. The number of nitrogens with zero attached hydrogens (tertiary/aromatic N) is 3. The van der Waals surface area contributed by atoms with Gasteiger partial charge in [0.05, 0.1) is 17.6 Å². The summed E-state index contributed by atoms with van der Waals surface area (Å²) in [4.78, 5) is 22.1. The highest BCUT2D eigenvalue weighted by Gasteiger charge is 2.19. The average Bonchev–Trinajstić information content (AvgIpc) is 3.17. The number of hydrogen-bond donors (Lipinski definition) is 1. The number of aliphatic carboxylic acids is 1. The van der Waals surface area contributed by atoms with Crippen LogP contribution in [0.15, 0.2) is 50.9 Å². The first kappa shape index (κ1) is 21.3. The van der Waals surface area contributed by atoms with Crippen LogP contribution >= 0.6 is 23.4 Å². The maximum absolute atomic E-state index is 11.7. The maximum Gasteiger partial charge on any atom is 0.342 e. The summed E-state index contributed by atoms with van der Waals surface area (Å²) >= 11 is 6.73. The monoisotopic (exact) mass is 447 g/mol. The lowest BCUT2D eigenvalue weighted by atomic mass is 10.1. The van der Waals surface area contributed by atoms with Crippen LogP contribution in [0.4, 0.5) is 5.69 Å². The summed E-state index contributed by atoms with van der Waals surface area (Å²) in [5.74, 6) is -0.684. The fraction of sp³-hybridized carbons (Fsp3) is 0.105. The Balaban J connectivity index is 1.92. The van der Waals surface area contributed by atoms with E-state index >= 15 is 0 Å². The minimum absolute atomic E-state index is 0.0257. The van der Waals surface area contributed by atoms with Crippen molar-refractivity contribution >= 4 is 41.1 Å². The fourth-order valence-corrected chi connectivity index (χ4v) is 3.35. The number of nitro benzene ring substituents is 1. The number of carbonyl (C=O) groups is 1. The number of thioether (sulfide) groups is 1. The van der Waals surface area contributed by atoms with Gasteiger partial charge in [0.25, 0.3) is 16.8 Å². The molecule has 9 nitrogen and oxygen atoms in total. The second kappa shape index (κ2) is 8.97. The minimum atomic E-state index is -1.25. The molecular formula is C19H14ClN3O6S. The molecule has 0 aliphatic heterocycles. The van der Waals surface area contributed by atoms with Crippen LogP contribution in [-0.4, -0.2) is 33.3 Å². The highest BCUT2D eigenvalue weighted by molar-refractivity contribution is 8.03. The molecule has 0 saturated carbocycles. The number of carboxylic acids is 1. The van der Waals surface area contributed by atoms with Gasteiger partial charge in [0.15, 0.2) is 0 Å². The van der Waals surface area contributed by atoms with Crippen LogP contribution in [0.5, 0.6) is 5.75 Å². The fourth-order valence-electron chi connectivity index (χ4n) is 2.50. The zero-order chi connectivity index (χ0) is 21.8. The Kier molecular flexibility index (Phi) is 6.38. The van der Waals surface area contributed by atoms with Gasteiger partial charge in [-0.15, -0.1) is 10.2 Å². The predicted molar refractivity (Wildman–Crippen MR) is 111 cm³/mol. The number of rotatable bonds is 7. The van der Waals surface area contributed by atoms with Crippen molar-refractivity contribution in [1.29, 1.82) is 0 Å². The van der Waals surface area contributed by atoms with Gasteiger partial charge in [-0.25, -0.2) is 4.79 Å². The number of methoxy groups -OCH3 is 1. The largest absolute Gasteiger partial charge is 0.496 e. The zero-order valence-corrected chi connectivity index (χ0v) is 17.2. The third-order valence-corrected chi connectivity index (χ3v) is 5.02. The summed E-state index contributed by atoms with van der Waals surface area (Å²) in [7, 11) is 1.48. The minimum Gasteiger partial charge on any atom is -0.496 e. The summed E-state index contributed by atoms with van der Waals surface area (Å²) in [6, 6.07) is 9.30. The quantitative estimate of drug-likeness (QED) is 0.234. The number of halogens is 1. The van der Waals surface area contributed by atoms with Gasteiger partial charge >= 0.3 is 5.97 Å². The Labute approximate surface area is 179 Å². The van der Waals surface area contributed by atoms with Crippen molar-refractivity contribution in [2.45, 2.75) is 12.1 Å². The first-order valence-corrected chi connectivity index (χ1v) is 9.53. The van der Waals surface area contributed by atoms with E-state index in [2.05, 4.69) is 10.2 Å². The molecule has 0 atom stereocenters. The molecule has 0 saturated heterocycles. The van der Waals surface area contributed by atoms with E-state index in [0.717, 1.165) is 11.8 Å². The molecule has 0 amide bonds. The number of nitro groups is 1. The molecular weight excluding hydrogens is 434 g/mol. The van der Waals surface area contributed by atoms with E-state index in [1.165, 1.54) is 19.3 Å². The van der Waals surface area contributed by atoms with Crippen LogP contribution in [0.1, 0.15) is 11.1 Å². The molecule has 0 spiro atoms. The molecule has 0 unspecified atom stereocenters. The first-order valence-electron chi connectivity index (χ1n) is 8.33. The molecule has 3 aromatic rings. The number of aromatic nitrogens is 2. The maximum atomic E-state index is 11.7. The Morgan fingerprint density at radius 1 is 1.30 bits per heavy atom. The summed E-state index contributed by atoms with van der Waals surface area (Å²) in [5, 5.41) is 28.8. The molecule has 0 aliphatic rings. The molecule has 1 aromatic heterocycles. The van der Waals surface area contributed by atoms with Crippen molar-refractivity contribution in [2.75, 3.05) is 7.11 Å². The second-order valence-corrected chi connectivity index (χ2v) is 7.37. The molecule has 0 aliphatic carbocycles. The lowest BCUT2D eigenvalue weighted by molar-refractivity contribution is -0.385. The van der Waals surface area contributed by atoms with Crippen molar-refractivity contribution in [3.8, 4) is 17.2 Å². The van der Waals surface area contributed by atoms with Crippen molar-refractivity contribution < 1.29 is 24.0 Å². The number of hydrogen-bond acceptors (Lipinski definition) is 8. The predicted octanol–water partition coefficient (Wildman–Crippen LogP) is 4.83. The highest BCUT2D eigenvalue weighted by Crippen LogP contribution is 2.35. The van der Waals surface area contributed by atoms with E-state index in [9.17, 15) is 20.0 Å². The summed E-state index contributed by atoms with van der Waals surface area (Å²) in [6.45, 7) is 1.60. The normalized spacial score (nSPS) is 11.4. The molecule has 154 valence electrons. The van der Waals surface area contributed by atoms with E-state index in [0.29, 0.717) is 27.5 Å². The van der Waals surface area contributed by atoms with Crippen molar-refractivity contribution in [1.82, 2.24) is 10.2 Å². The number of benzene rings is 2. The lowest BCUT2D eigenvalue weighted by Crippen LogP contribution is -1.97. The molecule has 1 heterocycles. The van der Waals surface area contributed by atoms with Gasteiger partial charge in [-0.1, -0.05) is 23.7 Å². The Morgan fingerprint density at radius 3 is 2.73 bits per heavy atom. The van der Waals surface area contributed by atoms with Crippen LogP contribution in [0, 0.1) is 17.0 Å². The van der Waals surface area contributed by atoms with Crippen molar-refractivity contribution in [2.24, 2.45) is 0 Å². The summed E-state index contributed by atoms with van der Waals surface area (Å²) in [5.41, 5.74) is 1.18. The Hall–Kier alpha value is -3.37. The molecule has 1 N–H and O–H groups in total. The first-order chi connectivity index (χ1) is 14.3. The second-order valence-electron chi connectivity index (χ2n) is 5.94. The zero-order valence-electron chi connectivity index (χ0n) is 15.7. The molecule has 0 fully saturated rings. The molecule has 30 heavy (non-hydrogen) atoms. The SMILES string of the molecule is COc1ccc(Cl)cc1-c1nnc(S/C(=C/c2ccc(C)c([N+](=O)[O-])c2)C(=O)O)o1. The van der Waals surface area contributed by atoms with E-state index < -0.39 is 10.9 Å². The van der Waals surface area contributed by atoms with E-state index in [1.54, 1.807) is 37.3 Å². The van der Waals surface area contributed by atoms with Crippen LogP contribution in [0.3, 0.4) is 0 Å². The molecule has 3 rings (SSSR count). The van der Waals surface area contributed by atoms with Gasteiger partial charge in [0, 0.05) is 16.7 Å². The molecule has 11 heteroatoms. The van der Waals surface area contributed by atoms with E-state index in [-0.39, 0.29) is 21.7 Å². The summed E-state index contributed by atoms with van der Waals surface area (Å²) in [6.07, 6.45) is 1.29. The average molecular weight is 448 g/mol. The third kappa shape index (κ3) is 4.78. The standard InChI is InChI=1S/C19H14ClN3O6S/c1-10-3-4-11(7-14(10)23(26)27)8-16(18(24)25)30-19-22-21-17(29-19)13-9-12(20)5-6-15(13)28-2/h3-9H,1-2H3,(H,24,25)/b16-8+. The Bertz CT molecular complexity index is 1160. The Morgan fingerprint density at radius 2 is 2.07 bits per heavy atom. The smallest absolute Gasteiger partial charge is 0.342 e. The van der Waals surface area contributed by atoms with Crippen molar-refractivity contribution in [3.63, 3.8) is 0 Å². The van der Waals surface area contributed by atoms with E-state index in [4.69, 9.17) is 20.8 Å². The lowest BCUT2D eigenvalue weighted by Gasteiger charge is -2.04. The van der Waals surface area contributed by atoms with Crippen molar-refractivity contribution in [3.05, 3.63) is 67.6 Å². The van der Waals surface area contributed by atoms with Crippen LogP contribution in [0.25, 0.3) is 17.5 Å². The third-order valence-electron chi connectivity index (χ3n) is 3.93. The summed E-state index contributed by atoms with van der Waals surface area (Å²) < 4.78 is 10.8. The highest BCUT2D eigenvalue weighted by atomic mass is 35.5. The van der Waals surface area contributed by atoms with Gasteiger partial charge in [-0.3, -0.25) is 10.1 Å². The molecule has 0 bridgehead atoms. The number of aryl methyl sites for hydroxylation is 1. The van der Waals surface area contributed by atoms with Crippen LogP contribution < -0.4 is 4.74 Å². The van der Waals surface area contributed by atoms with Gasteiger partial charge in [-0.05, 0) is 48.5 Å². The van der Waals surface area contributed by atoms with Gasteiger partial charge in [-0.2, -0.15) is 0 Å². The van der Waals surface area contributed by atoms with Crippen LogP contribution in [-0.2, 0) is 4.79 Å². The van der Waals surface area contributed by atoms with Crippen LogP contribution in [0.2, 0.25) is 5.02 Å². The molecule has 2 aromatic carbocycles. The van der Waals surface area contributed by atoms with Gasteiger partial charge < -0.3 is 14.3 Å². The van der Waals surface area contributed by atoms with Gasteiger partial charge in [0.2, 0.25) is 0 Å². The van der Waals surface area contributed by atoms with E-state index in [1.807, 2.05) is 0 Å². The topological polar surface area (TPSA) is 129 Å². The molecule has 0 radical (unpaired) electrons. The van der Waals surface area contributed by atoms with Gasteiger partial charge in [0.1, 0.15) is 10.7 Å². The number of carboxylic acid groups (broad SMARTS) is 1.